The summed E-state index contributed by atoms with van der Waals surface area (Å²) in [6, 6.07) is 1.99. The van der Waals surface area contributed by atoms with Crippen LogP contribution >= 0.6 is 0 Å². The van der Waals surface area contributed by atoms with Crippen LogP contribution in [0, 0.1) is 0 Å². The lowest BCUT2D eigenvalue weighted by Crippen LogP contribution is -2.58. The van der Waals surface area contributed by atoms with Crippen LogP contribution in [0.1, 0.15) is 46.4 Å². The molecule has 3 atom stereocenters. The molecule has 1 fully saturated rings. The Labute approximate surface area is 125 Å². The number of hydrogen-bond donors (Lipinski definition) is 1. The largest absolute Gasteiger partial charge is 0.444 e. The molecule has 1 aliphatic heterocycles. The van der Waals surface area contributed by atoms with Gasteiger partial charge in [-0.1, -0.05) is 0 Å². The normalized spacial score (nSPS) is 26.5. The minimum Gasteiger partial charge on any atom is -0.444 e. The fourth-order valence-corrected chi connectivity index (χ4v) is 2.52. The first kappa shape index (κ1) is 15.7. The highest BCUT2D eigenvalue weighted by molar-refractivity contribution is 5.69. The van der Waals surface area contributed by atoms with Crippen LogP contribution in [0.25, 0.3) is 0 Å². The Bertz CT molecular complexity index is 486. The van der Waals surface area contributed by atoms with E-state index < -0.39 is 5.60 Å². The third kappa shape index (κ3) is 3.91. The number of nitrogens with zero attached hydrogens (tertiary/aromatic N) is 3. The monoisotopic (exact) mass is 292 g/mol. The molecule has 6 heteroatoms. The minimum absolute atomic E-state index is 0.0238. The summed E-state index contributed by atoms with van der Waals surface area (Å²) < 4.78 is 5.51. The molecule has 2 heterocycles. The first-order chi connectivity index (χ1) is 9.78. The first-order valence-corrected chi connectivity index (χ1v) is 7.29. The molecule has 6 nitrogen and oxygen atoms in total. The Morgan fingerprint density at radius 1 is 1.43 bits per heavy atom. The van der Waals surface area contributed by atoms with E-state index in [1.165, 1.54) is 6.33 Å². The molecule has 0 bridgehead atoms. The summed E-state index contributed by atoms with van der Waals surface area (Å²) in [6.07, 6.45) is 2.97. The third-order valence-electron chi connectivity index (χ3n) is 3.46. The van der Waals surface area contributed by atoms with Crippen molar-refractivity contribution in [2.24, 2.45) is 0 Å². The topological polar surface area (TPSA) is 67.4 Å². The van der Waals surface area contributed by atoms with E-state index in [-0.39, 0.29) is 24.2 Å². The lowest BCUT2D eigenvalue weighted by atomic mass is 9.99. The van der Waals surface area contributed by atoms with Gasteiger partial charge in [0.15, 0.2) is 0 Å². The highest BCUT2D eigenvalue weighted by atomic mass is 16.6. The summed E-state index contributed by atoms with van der Waals surface area (Å²) in [5.41, 5.74) is 0.396. The Balaban J connectivity index is 2.18. The van der Waals surface area contributed by atoms with E-state index in [4.69, 9.17) is 4.74 Å². The molecule has 3 unspecified atom stereocenters. The van der Waals surface area contributed by atoms with E-state index in [1.807, 2.05) is 33.8 Å². The molecule has 0 saturated carbocycles. The molecule has 1 amide bonds. The molecular weight excluding hydrogens is 268 g/mol. The SMILES string of the molecule is CC1CN(C(=O)OC(C)(C)C)C(C)C(c2ccncn2)N1. The number of nitrogens with one attached hydrogen (secondary N) is 1. The van der Waals surface area contributed by atoms with Gasteiger partial charge in [0.2, 0.25) is 0 Å². The molecule has 21 heavy (non-hydrogen) atoms. The van der Waals surface area contributed by atoms with Crippen molar-refractivity contribution in [1.29, 1.82) is 0 Å². The van der Waals surface area contributed by atoms with Crippen LogP contribution in [0.4, 0.5) is 4.79 Å². The maximum Gasteiger partial charge on any atom is 0.410 e. The second-order valence-corrected chi connectivity index (χ2v) is 6.55. The van der Waals surface area contributed by atoms with Gasteiger partial charge in [-0.05, 0) is 40.7 Å². The molecule has 1 aromatic rings. The van der Waals surface area contributed by atoms with Gasteiger partial charge in [-0.15, -0.1) is 0 Å². The maximum atomic E-state index is 12.4. The molecule has 2 rings (SSSR count). The van der Waals surface area contributed by atoms with E-state index in [1.54, 1.807) is 11.1 Å². The smallest absolute Gasteiger partial charge is 0.410 e. The molecule has 1 aliphatic rings. The summed E-state index contributed by atoms with van der Waals surface area (Å²) in [5, 5.41) is 3.49. The van der Waals surface area contributed by atoms with Gasteiger partial charge >= 0.3 is 6.09 Å². The average Bonchev–Trinajstić information content (AvgIpc) is 2.40. The summed E-state index contributed by atoms with van der Waals surface area (Å²) in [4.78, 5) is 22.4. The Hall–Kier alpha value is -1.69. The fraction of sp³-hybridized carbons (Fsp3) is 0.667. The van der Waals surface area contributed by atoms with Gasteiger partial charge in [0.05, 0.1) is 17.8 Å². The van der Waals surface area contributed by atoms with Crippen molar-refractivity contribution in [3.8, 4) is 0 Å². The van der Waals surface area contributed by atoms with Gasteiger partial charge in [0, 0.05) is 18.8 Å². The van der Waals surface area contributed by atoms with Gasteiger partial charge in [-0.2, -0.15) is 0 Å². The standard InChI is InChI=1S/C15H24N4O2/c1-10-8-19(14(20)21-15(3,4)5)11(2)13(18-10)12-6-7-16-9-17-12/h6-7,9-11,13,18H,8H2,1-5H3. The molecule has 0 radical (unpaired) electrons. The summed E-state index contributed by atoms with van der Waals surface area (Å²) in [7, 11) is 0. The van der Waals surface area contributed by atoms with Gasteiger partial charge in [0.1, 0.15) is 11.9 Å². The van der Waals surface area contributed by atoms with Crippen molar-refractivity contribution in [2.45, 2.75) is 58.3 Å². The number of carbonyl (C=O) groups is 1. The Kier molecular flexibility index (Phi) is 4.46. The Morgan fingerprint density at radius 3 is 2.71 bits per heavy atom. The van der Waals surface area contributed by atoms with Crippen molar-refractivity contribution in [1.82, 2.24) is 20.2 Å². The van der Waals surface area contributed by atoms with Crippen LogP contribution in [-0.2, 0) is 4.74 Å². The van der Waals surface area contributed by atoms with Gasteiger partial charge in [-0.25, -0.2) is 14.8 Å². The predicted molar refractivity (Wildman–Crippen MR) is 79.8 cm³/mol. The summed E-state index contributed by atoms with van der Waals surface area (Å²) >= 11 is 0. The second-order valence-electron chi connectivity index (χ2n) is 6.55. The first-order valence-electron chi connectivity index (χ1n) is 7.29. The number of ether oxygens (including phenoxy) is 1. The lowest BCUT2D eigenvalue weighted by Gasteiger charge is -2.43. The van der Waals surface area contributed by atoms with Crippen LogP contribution in [0.3, 0.4) is 0 Å². The van der Waals surface area contributed by atoms with Crippen LogP contribution < -0.4 is 5.32 Å². The number of rotatable bonds is 1. The van der Waals surface area contributed by atoms with Gasteiger partial charge in [0.25, 0.3) is 0 Å². The third-order valence-corrected chi connectivity index (χ3v) is 3.46. The van der Waals surface area contributed by atoms with Crippen molar-refractivity contribution in [3.05, 3.63) is 24.3 Å². The zero-order chi connectivity index (χ0) is 15.6. The van der Waals surface area contributed by atoms with Gasteiger partial charge in [-0.3, -0.25) is 0 Å². The number of aromatic nitrogens is 2. The van der Waals surface area contributed by atoms with E-state index in [0.29, 0.717) is 6.54 Å². The Morgan fingerprint density at radius 2 is 2.14 bits per heavy atom. The molecule has 0 aliphatic carbocycles. The van der Waals surface area contributed by atoms with Crippen LogP contribution in [-0.4, -0.2) is 45.2 Å². The maximum absolute atomic E-state index is 12.4. The molecule has 0 spiro atoms. The quantitative estimate of drug-likeness (QED) is 0.859. The average molecular weight is 292 g/mol. The highest BCUT2D eigenvalue weighted by Gasteiger charge is 2.37. The number of carbonyl (C=O) groups excluding carboxylic acids is 1. The van der Waals surface area contributed by atoms with Crippen molar-refractivity contribution in [2.75, 3.05) is 6.54 Å². The number of amides is 1. The lowest BCUT2D eigenvalue weighted by molar-refractivity contribution is 0.00283. The summed E-state index contributed by atoms with van der Waals surface area (Å²) in [5.74, 6) is 0. The zero-order valence-corrected chi connectivity index (χ0v) is 13.3. The van der Waals surface area contributed by atoms with E-state index in [9.17, 15) is 4.79 Å². The molecule has 116 valence electrons. The molecule has 1 N–H and O–H groups in total. The van der Waals surface area contributed by atoms with Crippen molar-refractivity contribution < 1.29 is 9.53 Å². The highest BCUT2D eigenvalue weighted by Crippen LogP contribution is 2.25. The summed E-state index contributed by atoms with van der Waals surface area (Å²) in [6.45, 7) is 10.3. The van der Waals surface area contributed by atoms with E-state index >= 15 is 0 Å². The van der Waals surface area contributed by atoms with Crippen molar-refractivity contribution >= 4 is 6.09 Å². The van der Waals surface area contributed by atoms with Gasteiger partial charge < -0.3 is 15.0 Å². The molecule has 1 aromatic heterocycles. The predicted octanol–water partition coefficient (Wildman–Crippen LogP) is 2.14. The fourth-order valence-electron chi connectivity index (χ4n) is 2.52. The van der Waals surface area contributed by atoms with E-state index in [2.05, 4.69) is 22.2 Å². The zero-order valence-electron chi connectivity index (χ0n) is 13.3. The van der Waals surface area contributed by atoms with E-state index in [0.717, 1.165) is 5.69 Å². The molecule has 1 saturated heterocycles. The molecule has 0 aromatic carbocycles. The molecular formula is C15H24N4O2. The second kappa shape index (κ2) is 5.97. The minimum atomic E-state index is -0.491. The van der Waals surface area contributed by atoms with Crippen LogP contribution in [0.15, 0.2) is 18.6 Å². The van der Waals surface area contributed by atoms with Crippen LogP contribution in [0.5, 0.6) is 0 Å². The number of hydrogen-bond acceptors (Lipinski definition) is 5. The number of piperazine rings is 1. The van der Waals surface area contributed by atoms with Crippen LogP contribution in [0.2, 0.25) is 0 Å². The van der Waals surface area contributed by atoms with Crippen molar-refractivity contribution in [3.63, 3.8) is 0 Å².